The zero-order chi connectivity index (χ0) is 16.0. The van der Waals surface area contributed by atoms with Gasteiger partial charge in [-0.3, -0.25) is 4.79 Å². The monoisotopic (exact) mass is 313 g/mol. The lowest BCUT2D eigenvalue weighted by atomic mass is 10.2. The minimum Gasteiger partial charge on any atom is -0.383 e. The van der Waals surface area contributed by atoms with Crippen molar-refractivity contribution in [2.75, 3.05) is 19.5 Å². The van der Waals surface area contributed by atoms with Gasteiger partial charge in [0.05, 0.1) is 18.1 Å². The average Bonchev–Trinajstić information content (AvgIpc) is 2.64. The van der Waals surface area contributed by atoms with E-state index >= 15 is 0 Å². The van der Waals surface area contributed by atoms with Gasteiger partial charge >= 0.3 is 0 Å². The predicted molar refractivity (Wildman–Crippen MR) is 86.7 cm³/mol. The number of carbonyl (C=O) groups excluding carboxylic acids is 1. The Hall–Kier alpha value is -1.01. The third-order valence-electron chi connectivity index (χ3n) is 3.13. The molecule has 6 heteroatoms. The van der Waals surface area contributed by atoms with Crippen molar-refractivity contribution in [1.82, 2.24) is 14.9 Å². The highest BCUT2D eigenvalue weighted by Crippen LogP contribution is 2.22. The number of imidazole rings is 1. The molecule has 5 nitrogen and oxygen atoms in total. The molecule has 0 spiro atoms. The molecule has 1 heterocycles. The third kappa shape index (κ3) is 5.71. The molecule has 0 saturated carbocycles. The molecule has 0 radical (unpaired) electrons. The first-order valence-corrected chi connectivity index (χ1v) is 8.28. The van der Waals surface area contributed by atoms with Crippen molar-refractivity contribution in [2.45, 2.75) is 52.4 Å². The Morgan fingerprint density at radius 3 is 2.62 bits per heavy atom. The summed E-state index contributed by atoms with van der Waals surface area (Å²) >= 11 is 1.49. The van der Waals surface area contributed by atoms with Crippen LogP contribution in [0, 0.1) is 19.8 Å². The van der Waals surface area contributed by atoms with Gasteiger partial charge in [0, 0.05) is 25.4 Å². The first kappa shape index (κ1) is 18.0. The van der Waals surface area contributed by atoms with Crippen LogP contribution in [0.1, 0.15) is 32.2 Å². The molecule has 1 N–H and O–H groups in total. The number of hydrogen-bond acceptors (Lipinski definition) is 4. The van der Waals surface area contributed by atoms with Crippen molar-refractivity contribution in [2.24, 2.45) is 5.92 Å². The first-order valence-electron chi connectivity index (χ1n) is 7.30. The van der Waals surface area contributed by atoms with Gasteiger partial charge in [0.1, 0.15) is 0 Å². The van der Waals surface area contributed by atoms with Crippen LogP contribution in [0.2, 0.25) is 0 Å². The first-order chi connectivity index (χ1) is 9.85. The summed E-state index contributed by atoms with van der Waals surface area (Å²) in [4.78, 5) is 16.5. The summed E-state index contributed by atoms with van der Waals surface area (Å²) in [6.07, 6.45) is 0. The Balaban J connectivity index is 2.62. The van der Waals surface area contributed by atoms with E-state index < -0.39 is 0 Å². The number of aromatic nitrogens is 2. The topological polar surface area (TPSA) is 56.1 Å². The number of hydrogen-bond donors (Lipinski definition) is 1. The Bertz CT molecular complexity index is 472. The number of ether oxygens (including phenoxy) is 1. The summed E-state index contributed by atoms with van der Waals surface area (Å²) in [5, 5.41) is 3.84. The smallest absolute Gasteiger partial charge is 0.230 e. The fourth-order valence-electron chi connectivity index (χ4n) is 2.05. The van der Waals surface area contributed by atoms with Crippen LogP contribution in [0.3, 0.4) is 0 Å². The van der Waals surface area contributed by atoms with Crippen LogP contribution in [-0.4, -0.2) is 41.0 Å². The van der Waals surface area contributed by atoms with Crippen molar-refractivity contribution in [3.63, 3.8) is 0 Å². The summed E-state index contributed by atoms with van der Waals surface area (Å²) < 4.78 is 7.22. The van der Waals surface area contributed by atoms with Crippen LogP contribution in [0.4, 0.5) is 0 Å². The Labute approximate surface area is 131 Å². The maximum atomic E-state index is 11.9. The number of nitrogens with one attached hydrogen (secondary N) is 1. The van der Waals surface area contributed by atoms with E-state index in [-0.39, 0.29) is 11.9 Å². The molecule has 0 aliphatic rings. The second-order valence-electron chi connectivity index (χ2n) is 5.78. The van der Waals surface area contributed by atoms with Gasteiger partial charge in [0.15, 0.2) is 5.16 Å². The third-order valence-corrected chi connectivity index (χ3v) is 4.10. The second-order valence-corrected chi connectivity index (χ2v) is 6.72. The largest absolute Gasteiger partial charge is 0.383 e. The Morgan fingerprint density at radius 2 is 2.05 bits per heavy atom. The van der Waals surface area contributed by atoms with Crippen LogP contribution >= 0.6 is 11.8 Å². The number of rotatable bonds is 8. The number of nitrogens with zero attached hydrogens (tertiary/aromatic N) is 2. The van der Waals surface area contributed by atoms with Gasteiger partial charge in [-0.15, -0.1) is 0 Å². The fraction of sp³-hybridized carbons (Fsp3) is 0.733. The molecule has 1 unspecified atom stereocenters. The second kappa shape index (κ2) is 8.44. The number of amides is 1. The number of thioether (sulfide) groups is 1. The van der Waals surface area contributed by atoms with Crippen molar-refractivity contribution >= 4 is 17.7 Å². The van der Waals surface area contributed by atoms with Gasteiger partial charge in [-0.1, -0.05) is 25.6 Å². The van der Waals surface area contributed by atoms with Crippen LogP contribution in [0.5, 0.6) is 0 Å². The van der Waals surface area contributed by atoms with E-state index in [0.29, 0.717) is 18.3 Å². The van der Waals surface area contributed by atoms with Crippen molar-refractivity contribution in [3.05, 3.63) is 11.4 Å². The summed E-state index contributed by atoms with van der Waals surface area (Å²) in [7, 11) is 1.63. The van der Waals surface area contributed by atoms with Gasteiger partial charge in [-0.2, -0.15) is 0 Å². The highest BCUT2D eigenvalue weighted by atomic mass is 32.2. The van der Waals surface area contributed by atoms with Crippen molar-refractivity contribution in [1.29, 1.82) is 0 Å². The minimum atomic E-state index is 0.0129. The maximum Gasteiger partial charge on any atom is 0.230 e. The van der Waals surface area contributed by atoms with Gasteiger partial charge in [-0.05, 0) is 26.7 Å². The fourth-order valence-corrected chi connectivity index (χ4v) is 2.96. The molecule has 21 heavy (non-hydrogen) atoms. The quantitative estimate of drug-likeness (QED) is 0.749. The highest BCUT2D eigenvalue weighted by Gasteiger charge is 2.15. The molecular formula is C15H27N3O2S. The number of carbonyl (C=O) groups is 1. The number of methoxy groups -OCH3 is 1. The number of aryl methyl sites for hydroxylation is 1. The lowest BCUT2D eigenvalue weighted by molar-refractivity contribution is -0.119. The molecule has 0 aromatic carbocycles. The lowest BCUT2D eigenvalue weighted by Gasteiger charge is -2.14. The molecule has 1 aromatic rings. The van der Waals surface area contributed by atoms with E-state index in [9.17, 15) is 4.79 Å². The SMILES string of the molecule is COCC(C)NC(=O)CSc1nc(C)c(C)n1CC(C)C. The van der Waals surface area contributed by atoms with Gasteiger partial charge in [0.25, 0.3) is 0 Å². The van der Waals surface area contributed by atoms with Gasteiger partial charge < -0.3 is 14.6 Å². The van der Waals surface area contributed by atoms with Crippen molar-refractivity contribution < 1.29 is 9.53 Å². The molecule has 120 valence electrons. The van der Waals surface area contributed by atoms with E-state index in [1.54, 1.807) is 7.11 Å². The van der Waals surface area contributed by atoms with Crippen LogP contribution < -0.4 is 5.32 Å². The maximum absolute atomic E-state index is 11.9. The van der Waals surface area contributed by atoms with Gasteiger partial charge in [0.2, 0.25) is 5.91 Å². The van der Waals surface area contributed by atoms with E-state index in [1.807, 2.05) is 13.8 Å². The summed E-state index contributed by atoms with van der Waals surface area (Å²) in [6, 6.07) is 0.0296. The molecule has 0 bridgehead atoms. The summed E-state index contributed by atoms with van der Waals surface area (Å²) in [6.45, 7) is 11.8. The molecule has 1 aromatic heterocycles. The summed E-state index contributed by atoms with van der Waals surface area (Å²) in [5.41, 5.74) is 2.21. The zero-order valence-corrected chi connectivity index (χ0v) is 14.7. The standard InChI is InChI=1S/C15H27N3O2S/c1-10(2)7-18-13(5)12(4)17-15(18)21-9-14(19)16-11(3)8-20-6/h10-11H,7-9H2,1-6H3,(H,16,19). The van der Waals surface area contributed by atoms with Crippen molar-refractivity contribution in [3.8, 4) is 0 Å². The molecule has 0 aliphatic heterocycles. The van der Waals surface area contributed by atoms with Crippen LogP contribution in [0.15, 0.2) is 5.16 Å². The van der Waals surface area contributed by atoms with E-state index in [1.165, 1.54) is 17.5 Å². The molecule has 0 aliphatic carbocycles. The zero-order valence-electron chi connectivity index (χ0n) is 13.9. The molecule has 1 amide bonds. The molecule has 1 atom stereocenters. The summed E-state index contributed by atoms with van der Waals surface area (Å²) in [5.74, 6) is 0.938. The Kier molecular flexibility index (Phi) is 7.25. The normalized spacial score (nSPS) is 12.7. The minimum absolute atomic E-state index is 0.0129. The predicted octanol–water partition coefficient (Wildman–Crippen LogP) is 2.40. The molecule has 1 rings (SSSR count). The van der Waals surface area contributed by atoms with Gasteiger partial charge in [-0.25, -0.2) is 4.98 Å². The lowest BCUT2D eigenvalue weighted by Crippen LogP contribution is -2.36. The molecule has 0 saturated heterocycles. The van der Waals surface area contributed by atoms with E-state index in [4.69, 9.17) is 4.74 Å². The van der Waals surface area contributed by atoms with E-state index in [2.05, 4.69) is 35.6 Å². The molecule has 0 fully saturated rings. The molecular weight excluding hydrogens is 286 g/mol. The highest BCUT2D eigenvalue weighted by molar-refractivity contribution is 7.99. The average molecular weight is 313 g/mol. The van der Waals surface area contributed by atoms with Crippen LogP contribution in [-0.2, 0) is 16.1 Å². The van der Waals surface area contributed by atoms with E-state index in [0.717, 1.165) is 17.4 Å². The van der Waals surface area contributed by atoms with Crippen LogP contribution in [0.25, 0.3) is 0 Å². The Morgan fingerprint density at radius 1 is 1.38 bits per heavy atom.